The minimum Gasteiger partial charge on any atom is -0.445 e. The molecule has 1 unspecified atom stereocenters. The standard InChI is InChI=1S/C14H18ClNO2/c1-3-11(2)16-14(17)18-9-5-7-12-6-4-8-13(15)10-12/h4-8,10-11H,3,9H2,1-2H3,(H,16,17)/b7-5+. The number of rotatable bonds is 5. The lowest BCUT2D eigenvalue weighted by atomic mass is 10.2. The molecule has 3 nitrogen and oxygen atoms in total. The van der Waals surface area contributed by atoms with E-state index in [4.69, 9.17) is 16.3 Å². The van der Waals surface area contributed by atoms with E-state index in [2.05, 4.69) is 5.32 Å². The van der Waals surface area contributed by atoms with Gasteiger partial charge in [0.1, 0.15) is 6.61 Å². The van der Waals surface area contributed by atoms with Gasteiger partial charge in [-0.2, -0.15) is 0 Å². The van der Waals surface area contributed by atoms with E-state index < -0.39 is 0 Å². The maximum absolute atomic E-state index is 11.3. The number of carbonyl (C=O) groups is 1. The molecule has 0 aromatic heterocycles. The number of nitrogens with one attached hydrogen (secondary N) is 1. The topological polar surface area (TPSA) is 38.3 Å². The van der Waals surface area contributed by atoms with E-state index in [1.54, 1.807) is 6.08 Å². The molecule has 98 valence electrons. The van der Waals surface area contributed by atoms with Gasteiger partial charge in [0.15, 0.2) is 0 Å². The van der Waals surface area contributed by atoms with Crippen LogP contribution < -0.4 is 5.32 Å². The van der Waals surface area contributed by atoms with Crippen LogP contribution >= 0.6 is 11.6 Å². The Morgan fingerprint density at radius 3 is 3.00 bits per heavy atom. The lowest BCUT2D eigenvalue weighted by Crippen LogP contribution is -2.32. The number of halogens is 1. The van der Waals surface area contributed by atoms with Crippen LogP contribution in [0.2, 0.25) is 5.02 Å². The van der Waals surface area contributed by atoms with Gasteiger partial charge in [-0.25, -0.2) is 4.79 Å². The first kappa shape index (κ1) is 14.6. The van der Waals surface area contributed by atoms with Crippen molar-refractivity contribution in [2.45, 2.75) is 26.3 Å². The Morgan fingerprint density at radius 1 is 1.56 bits per heavy atom. The Balaban J connectivity index is 2.31. The number of alkyl carbamates (subject to hydrolysis) is 1. The molecule has 0 aliphatic heterocycles. The van der Waals surface area contributed by atoms with Crippen LogP contribution in [0.4, 0.5) is 4.79 Å². The van der Waals surface area contributed by atoms with Crippen LogP contribution in [0, 0.1) is 0 Å². The van der Waals surface area contributed by atoms with Crippen LogP contribution in [0.25, 0.3) is 6.08 Å². The van der Waals surface area contributed by atoms with Crippen molar-refractivity contribution in [2.24, 2.45) is 0 Å². The average molecular weight is 268 g/mol. The van der Waals surface area contributed by atoms with E-state index in [-0.39, 0.29) is 18.7 Å². The van der Waals surface area contributed by atoms with Crippen LogP contribution in [-0.2, 0) is 4.74 Å². The number of hydrogen-bond acceptors (Lipinski definition) is 2. The van der Waals surface area contributed by atoms with Gasteiger partial charge in [-0.1, -0.05) is 36.7 Å². The lowest BCUT2D eigenvalue weighted by Gasteiger charge is -2.10. The molecule has 0 saturated heterocycles. The normalized spacial score (nSPS) is 12.4. The van der Waals surface area contributed by atoms with Gasteiger partial charge >= 0.3 is 6.09 Å². The Labute approximate surface area is 113 Å². The molecule has 0 spiro atoms. The fourth-order valence-corrected chi connectivity index (χ4v) is 1.46. The minimum absolute atomic E-state index is 0.134. The maximum atomic E-state index is 11.3. The number of hydrogen-bond donors (Lipinski definition) is 1. The van der Waals surface area contributed by atoms with E-state index in [0.29, 0.717) is 5.02 Å². The molecular weight excluding hydrogens is 250 g/mol. The van der Waals surface area contributed by atoms with Crippen molar-refractivity contribution in [3.63, 3.8) is 0 Å². The zero-order valence-corrected chi connectivity index (χ0v) is 11.4. The number of ether oxygens (including phenoxy) is 1. The third-order valence-electron chi connectivity index (χ3n) is 2.45. The highest BCUT2D eigenvalue weighted by molar-refractivity contribution is 6.30. The van der Waals surface area contributed by atoms with E-state index in [1.165, 1.54) is 0 Å². The molecule has 1 N–H and O–H groups in total. The van der Waals surface area contributed by atoms with Crippen LogP contribution in [0.15, 0.2) is 30.3 Å². The summed E-state index contributed by atoms with van der Waals surface area (Å²) in [5, 5.41) is 3.41. The van der Waals surface area contributed by atoms with Crippen molar-refractivity contribution in [1.29, 1.82) is 0 Å². The average Bonchev–Trinajstić information content (AvgIpc) is 2.34. The van der Waals surface area contributed by atoms with Crippen molar-refractivity contribution in [1.82, 2.24) is 5.32 Å². The Kier molecular flexibility index (Phi) is 6.29. The predicted molar refractivity (Wildman–Crippen MR) is 74.7 cm³/mol. The van der Waals surface area contributed by atoms with Crippen LogP contribution in [-0.4, -0.2) is 18.7 Å². The van der Waals surface area contributed by atoms with Crippen LogP contribution in [0.1, 0.15) is 25.8 Å². The Hall–Kier alpha value is -1.48. The van der Waals surface area contributed by atoms with Gasteiger partial charge in [0.2, 0.25) is 0 Å². The first-order chi connectivity index (χ1) is 8.61. The summed E-state index contributed by atoms with van der Waals surface area (Å²) in [5.74, 6) is 0. The highest BCUT2D eigenvalue weighted by Gasteiger charge is 2.04. The van der Waals surface area contributed by atoms with Gasteiger partial charge in [-0.3, -0.25) is 0 Å². The fraction of sp³-hybridized carbons (Fsp3) is 0.357. The number of amides is 1. The summed E-state index contributed by atoms with van der Waals surface area (Å²) < 4.78 is 5.00. The molecule has 0 fully saturated rings. The third kappa shape index (κ3) is 5.73. The minimum atomic E-state index is -0.389. The number of benzene rings is 1. The van der Waals surface area contributed by atoms with Gasteiger partial charge in [-0.15, -0.1) is 0 Å². The summed E-state index contributed by atoms with van der Waals surface area (Å²) in [6, 6.07) is 7.60. The van der Waals surface area contributed by atoms with Gasteiger partial charge in [0.05, 0.1) is 0 Å². The molecule has 0 aliphatic carbocycles. The molecule has 18 heavy (non-hydrogen) atoms. The molecule has 0 aliphatic rings. The van der Waals surface area contributed by atoms with Crippen LogP contribution in [0.3, 0.4) is 0 Å². The number of carbonyl (C=O) groups excluding carboxylic acids is 1. The van der Waals surface area contributed by atoms with Crippen molar-refractivity contribution < 1.29 is 9.53 Å². The van der Waals surface area contributed by atoms with Gasteiger partial charge in [0.25, 0.3) is 0 Å². The third-order valence-corrected chi connectivity index (χ3v) is 2.68. The summed E-state index contributed by atoms with van der Waals surface area (Å²) in [6.07, 6.45) is 4.14. The van der Waals surface area contributed by atoms with E-state index >= 15 is 0 Å². The molecule has 0 saturated carbocycles. The molecule has 0 heterocycles. The zero-order chi connectivity index (χ0) is 13.4. The second kappa shape index (κ2) is 7.77. The van der Waals surface area contributed by atoms with Gasteiger partial charge < -0.3 is 10.1 Å². The fourth-order valence-electron chi connectivity index (χ4n) is 1.26. The molecule has 1 atom stereocenters. The second-order valence-electron chi connectivity index (χ2n) is 4.01. The summed E-state index contributed by atoms with van der Waals surface area (Å²) in [4.78, 5) is 11.3. The van der Waals surface area contributed by atoms with Crippen molar-refractivity contribution in [3.05, 3.63) is 40.9 Å². The SMILES string of the molecule is CCC(C)NC(=O)OC/C=C/c1cccc(Cl)c1. The highest BCUT2D eigenvalue weighted by atomic mass is 35.5. The summed E-state index contributed by atoms with van der Waals surface area (Å²) in [6.45, 7) is 4.18. The second-order valence-corrected chi connectivity index (χ2v) is 4.45. The van der Waals surface area contributed by atoms with E-state index in [9.17, 15) is 4.79 Å². The molecule has 1 rings (SSSR count). The van der Waals surface area contributed by atoms with Crippen molar-refractivity contribution >= 4 is 23.8 Å². The first-order valence-corrected chi connectivity index (χ1v) is 6.35. The summed E-state index contributed by atoms with van der Waals surface area (Å²) in [5.41, 5.74) is 0.980. The van der Waals surface area contributed by atoms with E-state index in [0.717, 1.165) is 12.0 Å². The zero-order valence-electron chi connectivity index (χ0n) is 10.7. The first-order valence-electron chi connectivity index (χ1n) is 5.97. The Bertz CT molecular complexity index is 418. The largest absolute Gasteiger partial charge is 0.445 e. The molecule has 1 aromatic carbocycles. The Morgan fingerprint density at radius 2 is 2.33 bits per heavy atom. The highest BCUT2D eigenvalue weighted by Crippen LogP contribution is 2.11. The molecule has 1 amide bonds. The molecular formula is C14H18ClNO2. The predicted octanol–water partition coefficient (Wildman–Crippen LogP) is 3.88. The molecule has 1 aromatic rings. The monoisotopic (exact) mass is 267 g/mol. The van der Waals surface area contributed by atoms with Crippen LogP contribution in [0.5, 0.6) is 0 Å². The van der Waals surface area contributed by atoms with Crippen molar-refractivity contribution in [3.8, 4) is 0 Å². The summed E-state index contributed by atoms with van der Waals surface area (Å²) in [7, 11) is 0. The quantitative estimate of drug-likeness (QED) is 0.879. The van der Waals surface area contributed by atoms with Gasteiger partial charge in [0, 0.05) is 11.1 Å². The summed E-state index contributed by atoms with van der Waals surface area (Å²) >= 11 is 5.85. The lowest BCUT2D eigenvalue weighted by molar-refractivity contribution is 0.154. The molecule has 4 heteroatoms. The maximum Gasteiger partial charge on any atom is 0.407 e. The molecule has 0 bridgehead atoms. The molecule has 0 radical (unpaired) electrons. The van der Waals surface area contributed by atoms with Crippen molar-refractivity contribution in [2.75, 3.05) is 6.61 Å². The van der Waals surface area contributed by atoms with Gasteiger partial charge in [-0.05, 0) is 37.1 Å². The smallest absolute Gasteiger partial charge is 0.407 e. The van der Waals surface area contributed by atoms with E-state index in [1.807, 2.05) is 44.2 Å².